The summed E-state index contributed by atoms with van der Waals surface area (Å²) in [6.07, 6.45) is 2.02. The summed E-state index contributed by atoms with van der Waals surface area (Å²) in [6, 6.07) is 46.0. The smallest absolute Gasteiger partial charge is 0.0646 e. The molecule has 0 fully saturated rings. The molecule has 0 spiro atoms. The molecule has 0 amide bonds. The number of pyridine rings is 1. The first-order valence-corrected chi connectivity index (χ1v) is 16.0. The normalized spacial score (nSPS) is 11.0. The van der Waals surface area contributed by atoms with Gasteiger partial charge in [-0.3, -0.25) is 4.98 Å². The number of hydrogen-bond acceptors (Lipinski definition) is 1. The van der Waals surface area contributed by atoms with Crippen LogP contribution < -0.4 is 0 Å². The van der Waals surface area contributed by atoms with Crippen molar-refractivity contribution in [2.24, 2.45) is 0 Å². The third-order valence-corrected chi connectivity index (χ3v) is 6.77. The molecule has 0 atom stereocenters. The molecular weight excluding hydrogens is 525 g/mol. The van der Waals surface area contributed by atoms with Crippen molar-refractivity contribution in [2.45, 2.75) is 0 Å². The second-order valence-electron chi connectivity index (χ2n) is 8.74. The van der Waals surface area contributed by atoms with Gasteiger partial charge in [-0.25, -0.2) is 0 Å². The number of para-hydroxylation sites is 1. The number of benzene rings is 5. The average molecular weight is 546 g/mol. The summed E-state index contributed by atoms with van der Waals surface area (Å²) in [5, 5.41) is 3.41. The molecule has 172 valence electrons. The predicted octanol–water partition coefficient (Wildman–Crippen LogP) is 9.13. The third kappa shape index (κ3) is 4.05. The summed E-state index contributed by atoms with van der Waals surface area (Å²) in [4.78, 5) is 4.97. The van der Waals surface area contributed by atoms with Crippen molar-refractivity contribution in [3.8, 4) is 33.5 Å². The van der Waals surface area contributed by atoms with E-state index in [2.05, 4.69) is 120 Å². The molecule has 0 aliphatic carbocycles. The van der Waals surface area contributed by atoms with E-state index >= 15 is 0 Å². The van der Waals surface area contributed by atoms with Crippen molar-refractivity contribution in [1.82, 2.24) is 9.38 Å². The van der Waals surface area contributed by atoms with Gasteiger partial charge in [-0.2, -0.15) is 0 Å². The topological polar surface area (TPSA) is 17.3 Å². The van der Waals surface area contributed by atoms with Crippen LogP contribution in [0.15, 0.2) is 128 Å². The largest absolute Gasteiger partial charge is 0.333 e. The summed E-state index contributed by atoms with van der Waals surface area (Å²) in [6.45, 7) is 0. The Morgan fingerprint density at radius 3 is 1.89 bits per heavy atom. The first kappa shape index (κ1) is 23.6. The van der Waals surface area contributed by atoms with E-state index in [4.69, 9.17) is 14.7 Å². The van der Waals surface area contributed by atoms with Crippen LogP contribution in [-0.4, -0.2) is 9.38 Å². The van der Waals surface area contributed by atoms with Gasteiger partial charge >= 0.3 is 27.0 Å². The molecule has 4 heteroatoms. The number of halogens is 1. The molecule has 2 heterocycles. The van der Waals surface area contributed by atoms with Crippen LogP contribution in [0, 0.1) is 6.07 Å². The van der Waals surface area contributed by atoms with E-state index in [1.807, 2.05) is 18.3 Å². The standard InChI is InChI=1S/C33H21N2.ClH.Zn/c1-3-12-23(13-4-1)25-19-11-20-26(24-14-5-2-6-15-24)32(25)31-22-34-33-29-18-8-7-16-27(29)28-17-9-10-21-30(28)35(31)33;;/h1-17,19-22H;1H;/q-1;;+2/p-1. The van der Waals surface area contributed by atoms with Gasteiger partial charge in [0.05, 0.1) is 11.3 Å². The van der Waals surface area contributed by atoms with Crippen LogP contribution in [0.1, 0.15) is 0 Å². The minimum atomic E-state index is 0.847. The molecule has 0 N–H and O–H groups in total. The van der Waals surface area contributed by atoms with Crippen LogP contribution in [0.4, 0.5) is 0 Å². The fourth-order valence-electron chi connectivity index (χ4n) is 5.24. The molecule has 0 radical (unpaired) electrons. The van der Waals surface area contributed by atoms with E-state index in [-0.39, 0.29) is 0 Å². The zero-order valence-corrected chi connectivity index (χ0v) is 23.8. The van der Waals surface area contributed by atoms with Gasteiger partial charge < -0.3 is 4.40 Å². The van der Waals surface area contributed by atoms with E-state index in [0.29, 0.717) is 0 Å². The molecule has 0 aliphatic heterocycles. The summed E-state index contributed by atoms with van der Waals surface area (Å²) in [5.74, 6) is 0. The van der Waals surface area contributed by atoms with Crippen LogP contribution in [0.3, 0.4) is 0 Å². The fourth-order valence-corrected chi connectivity index (χ4v) is 5.24. The second-order valence-corrected chi connectivity index (χ2v) is 8.74. The number of fused-ring (bicyclic) bond motifs is 6. The molecular formula is C33H21ClN2Zn. The Morgan fingerprint density at radius 1 is 0.622 bits per heavy atom. The van der Waals surface area contributed by atoms with Crippen LogP contribution in [0.25, 0.3) is 60.8 Å². The van der Waals surface area contributed by atoms with Crippen LogP contribution in [0.5, 0.6) is 0 Å². The fraction of sp³-hybridized carbons (Fsp3) is 0. The van der Waals surface area contributed by atoms with Crippen molar-refractivity contribution in [3.63, 3.8) is 0 Å². The zero-order chi connectivity index (χ0) is 25.2. The maximum absolute atomic E-state index is 4.97. The van der Waals surface area contributed by atoms with Gasteiger partial charge in [0, 0.05) is 17.3 Å². The van der Waals surface area contributed by atoms with Crippen LogP contribution in [0.2, 0.25) is 0 Å². The van der Waals surface area contributed by atoms with Crippen molar-refractivity contribution < 1.29 is 17.3 Å². The molecule has 7 aromatic rings. The van der Waals surface area contributed by atoms with Crippen molar-refractivity contribution >= 4 is 37.0 Å². The second kappa shape index (κ2) is 10.3. The summed E-state index contributed by atoms with van der Waals surface area (Å²) < 4.78 is 2.31. The van der Waals surface area contributed by atoms with E-state index < -0.39 is 0 Å². The van der Waals surface area contributed by atoms with Gasteiger partial charge in [0.15, 0.2) is 0 Å². The molecule has 2 nitrogen and oxygen atoms in total. The molecule has 37 heavy (non-hydrogen) atoms. The Hall–Kier alpha value is -3.78. The average Bonchev–Trinajstić information content (AvgIpc) is 3.44. The van der Waals surface area contributed by atoms with E-state index in [1.54, 1.807) is 0 Å². The molecule has 0 saturated carbocycles. The van der Waals surface area contributed by atoms with E-state index in [9.17, 15) is 0 Å². The first-order chi connectivity index (χ1) is 18.4. The predicted molar refractivity (Wildman–Crippen MR) is 151 cm³/mol. The molecule has 0 unspecified atom stereocenters. The zero-order valence-electron chi connectivity index (χ0n) is 20.1. The van der Waals surface area contributed by atoms with Gasteiger partial charge in [0.25, 0.3) is 0 Å². The quantitative estimate of drug-likeness (QED) is 0.123. The Morgan fingerprint density at radius 2 is 1.22 bits per heavy atom. The van der Waals surface area contributed by atoms with Gasteiger partial charge in [-0.05, 0) is 33.7 Å². The Balaban J connectivity index is 0.00000123. The first-order valence-electron chi connectivity index (χ1n) is 12.1. The molecule has 5 aromatic carbocycles. The number of aromatic nitrogens is 2. The number of rotatable bonds is 3. The summed E-state index contributed by atoms with van der Waals surface area (Å²) in [5.41, 5.74) is 9.08. The maximum atomic E-state index is 4.97. The summed E-state index contributed by atoms with van der Waals surface area (Å²) in [7, 11) is 4.76. The Kier molecular flexibility index (Phi) is 6.57. The van der Waals surface area contributed by atoms with E-state index in [1.165, 1.54) is 38.6 Å². The van der Waals surface area contributed by atoms with Crippen LogP contribution >= 0.6 is 9.69 Å². The Bertz CT molecular complexity index is 1790. The van der Waals surface area contributed by atoms with Crippen molar-refractivity contribution in [1.29, 1.82) is 0 Å². The number of nitrogens with zero attached hydrogens (tertiary/aromatic N) is 2. The Labute approximate surface area is 229 Å². The third-order valence-electron chi connectivity index (χ3n) is 6.77. The maximum Gasteiger partial charge on any atom is 0.0646 e. The molecule has 2 aromatic heterocycles. The van der Waals surface area contributed by atoms with E-state index in [0.717, 1.165) is 39.6 Å². The molecule has 0 saturated heterocycles. The van der Waals surface area contributed by atoms with Gasteiger partial charge in [-0.15, -0.1) is 29.7 Å². The van der Waals surface area contributed by atoms with Gasteiger partial charge in [0.1, 0.15) is 0 Å². The van der Waals surface area contributed by atoms with Gasteiger partial charge in [0.2, 0.25) is 0 Å². The summed E-state index contributed by atoms with van der Waals surface area (Å²) >= 11 is 0.847. The van der Waals surface area contributed by atoms with Crippen molar-refractivity contribution in [3.05, 3.63) is 134 Å². The SMILES string of the molecule is [Cl][Zn+].[c-]1cccc2c1c1ncc(-c3c(-c4ccccc4)cccc3-c3ccccc3)n1c1ccccc21. The molecule has 7 rings (SSSR count). The minimum absolute atomic E-state index is 0.847. The molecule has 0 aliphatic rings. The van der Waals surface area contributed by atoms with Crippen molar-refractivity contribution in [2.75, 3.05) is 0 Å². The molecule has 0 bridgehead atoms. The minimum Gasteiger partial charge on any atom is -0.333 e. The number of hydrogen-bond donors (Lipinski definition) is 0. The van der Waals surface area contributed by atoms with Crippen LogP contribution in [-0.2, 0) is 17.3 Å². The van der Waals surface area contributed by atoms with Gasteiger partial charge in [-0.1, -0.05) is 102 Å². The number of imidazole rings is 1. The monoisotopic (exact) mass is 544 g/mol.